The van der Waals surface area contributed by atoms with E-state index in [0.717, 1.165) is 17.5 Å². The first-order chi connectivity index (χ1) is 9.91. The van der Waals surface area contributed by atoms with Gasteiger partial charge in [0.15, 0.2) is 0 Å². The quantitative estimate of drug-likeness (QED) is 0.934. The Hall–Kier alpha value is -1.55. The number of halogens is 1. The fourth-order valence-corrected chi connectivity index (χ4v) is 3.13. The first kappa shape index (κ1) is 15.8. The van der Waals surface area contributed by atoms with E-state index in [9.17, 15) is 14.7 Å². The van der Waals surface area contributed by atoms with Gasteiger partial charge in [-0.3, -0.25) is 9.59 Å². The number of piperidine rings is 1. The fraction of sp³-hybridized carbons (Fsp3) is 0.500. The zero-order chi connectivity index (χ0) is 15.6. The lowest BCUT2D eigenvalue weighted by atomic mass is 9.90. The Morgan fingerprint density at radius 2 is 2.14 bits per heavy atom. The highest BCUT2D eigenvalue weighted by Crippen LogP contribution is 2.26. The molecule has 0 aromatic heterocycles. The summed E-state index contributed by atoms with van der Waals surface area (Å²) >= 11 is 6.23. The molecule has 1 aromatic carbocycles. The summed E-state index contributed by atoms with van der Waals surface area (Å²) in [5.41, 5.74) is 1.74. The van der Waals surface area contributed by atoms with E-state index in [1.54, 1.807) is 4.90 Å². The van der Waals surface area contributed by atoms with Crippen molar-refractivity contribution in [2.45, 2.75) is 39.2 Å². The third kappa shape index (κ3) is 3.38. The van der Waals surface area contributed by atoms with Crippen molar-refractivity contribution in [2.75, 3.05) is 6.54 Å². The van der Waals surface area contributed by atoms with Crippen molar-refractivity contribution in [3.05, 3.63) is 34.3 Å². The monoisotopic (exact) mass is 309 g/mol. The number of hydrogen-bond acceptors (Lipinski definition) is 2. The van der Waals surface area contributed by atoms with Crippen molar-refractivity contribution in [3.8, 4) is 0 Å². The second-order valence-electron chi connectivity index (χ2n) is 5.64. The van der Waals surface area contributed by atoms with Crippen LogP contribution in [0.5, 0.6) is 0 Å². The average Bonchev–Trinajstić information content (AvgIpc) is 2.43. The predicted octanol–water partition coefficient (Wildman–Crippen LogP) is 2.90. The number of nitrogens with zero attached hydrogens (tertiary/aromatic N) is 1. The van der Waals surface area contributed by atoms with Gasteiger partial charge < -0.3 is 10.0 Å². The van der Waals surface area contributed by atoms with Crippen LogP contribution in [0, 0.1) is 12.8 Å². The molecule has 0 aliphatic carbocycles. The van der Waals surface area contributed by atoms with Crippen LogP contribution in [-0.4, -0.2) is 34.5 Å². The molecule has 0 unspecified atom stereocenters. The summed E-state index contributed by atoms with van der Waals surface area (Å²) in [6, 6.07) is 5.35. The number of rotatable bonds is 3. The third-order valence-corrected chi connectivity index (χ3v) is 4.78. The minimum absolute atomic E-state index is 0.0547. The number of benzene rings is 1. The number of carboxylic acid groups (broad SMARTS) is 1. The van der Waals surface area contributed by atoms with E-state index < -0.39 is 11.9 Å². The van der Waals surface area contributed by atoms with Crippen molar-refractivity contribution < 1.29 is 14.7 Å². The molecule has 1 amide bonds. The molecule has 1 aliphatic rings. The molecule has 2 atom stereocenters. The molecule has 1 heterocycles. The minimum Gasteiger partial charge on any atom is -0.481 e. The molecule has 1 aliphatic heterocycles. The van der Waals surface area contributed by atoms with Crippen molar-refractivity contribution >= 4 is 23.5 Å². The van der Waals surface area contributed by atoms with Crippen molar-refractivity contribution in [2.24, 2.45) is 5.92 Å². The molecular formula is C16H20ClNO3. The minimum atomic E-state index is -0.825. The van der Waals surface area contributed by atoms with Gasteiger partial charge in [0.05, 0.1) is 12.3 Å². The Labute approximate surface area is 129 Å². The third-order valence-electron chi connectivity index (χ3n) is 4.24. The number of aryl methyl sites for hydroxylation is 1. The van der Waals surface area contributed by atoms with E-state index in [1.165, 1.54) is 0 Å². The number of carbonyl (C=O) groups excluding carboxylic acids is 1. The van der Waals surface area contributed by atoms with Gasteiger partial charge in [-0.1, -0.05) is 29.8 Å². The lowest BCUT2D eigenvalue weighted by Gasteiger charge is -2.37. The molecular weight excluding hydrogens is 290 g/mol. The summed E-state index contributed by atoms with van der Waals surface area (Å²) < 4.78 is 0. The number of aliphatic carboxylic acids is 1. The lowest BCUT2D eigenvalue weighted by Crippen LogP contribution is -2.49. The first-order valence-corrected chi connectivity index (χ1v) is 7.56. The normalized spacial score (nSPS) is 22.1. The Bertz CT molecular complexity index is 558. The molecule has 4 nitrogen and oxygen atoms in total. The van der Waals surface area contributed by atoms with Crippen LogP contribution < -0.4 is 0 Å². The average molecular weight is 310 g/mol. The Kier molecular flexibility index (Phi) is 4.88. The second kappa shape index (κ2) is 6.48. The van der Waals surface area contributed by atoms with Gasteiger partial charge in [0, 0.05) is 17.6 Å². The Morgan fingerprint density at radius 1 is 1.43 bits per heavy atom. The summed E-state index contributed by atoms with van der Waals surface area (Å²) in [4.78, 5) is 25.4. The maximum Gasteiger partial charge on any atom is 0.308 e. The van der Waals surface area contributed by atoms with Crippen LogP contribution in [0.3, 0.4) is 0 Å². The number of carbonyl (C=O) groups is 2. The molecule has 21 heavy (non-hydrogen) atoms. The van der Waals surface area contributed by atoms with Crippen LogP contribution in [-0.2, 0) is 16.0 Å². The van der Waals surface area contributed by atoms with Gasteiger partial charge >= 0.3 is 5.97 Å². The number of hydrogen-bond donors (Lipinski definition) is 1. The molecule has 1 N–H and O–H groups in total. The standard InChI is InChI=1S/C16H20ClNO3/c1-10-5-3-6-12(15(10)17)9-14(19)18-8-4-7-13(11(18)2)16(20)21/h3,5-6,11,13H,4,7-9H2,1-2H3,(H,20,21)/t11-,13-/m1/s1. The lowest BCUT2D eigenvalue weighted by molar-refractivity contribution is -0.148. The molecule has 0 bridgehead atoms. The van der Waals surface area contributed by atoms with Gasteiger partial charge in [-0.25, -0.2) is 0 Å². The van der Waals surface area contributed by atoms with E-state index in [2.05, 4.69) is 0 Å². The second-order valence-corrected chi connectivity index (χ2v) is 6.02. The molecule has 0 radical (unpaired) electrons. The predicted molar refractivity (Wildman–Crippen MR) is 81.4 cm³/mol. The van der Waals surface area contributed by atoms with E-state index in [4.69, 9.17) is 11.6 Å². The van der Waals surface area contributed by atoms with Gasteiger partial charge in [-0.2, -0.15) is 0 Å². The highest BCUT2D eigenvalue weighted by molar-refractivity contribution is 6.32. The molecule has 1 fully saturated rings. The van der Waals surface area contributed by atoms with Gasteiger partial charge in [-0.15, -0.1) is 0 Å². The summed E-state index contributed by atoms with van der Waals surface area (Å²) in [7, 11) is 0. The zero-order valence-electron chi connectivity index (χ0n) is 12.3. The molecule has 1 saturated heterocycles. The molecule has 0 saturated carbocycles. The van der Waals surface area contributed by atoms with Gasteiger partial charge in [0.25, 0.3) is 0 Å². The van der Waals surface area contributed by atoms with E-state index >= 15 is 0 Å². The smallest absolute Gasteiger partial charge is 0.308 e. The topological polar surface area (TPSA) is 57.6 Å². The largest absolute Gasteiger partial charge is 0.481 e. The maximum absolute atomic E-state index is 12.5. The molecule has 2 rings (SSSR count). The van der Waals surface area contributed by atoms with Gasteiger partial charge in [-0.05, 0) is 37.8 Å². The van der Waals surface area contributed by atoms with Crippen LogP contribution in [0.15, 0.2) is 18.2 Å². The summed E-state index contributed by atoms with van der Waals surface area (Å²) in [5.74, 6) is -1.36. The number of carboxylic acids is 1. The zero-order valence-corrected chi connectivity index (χ0v) is 13.1. The van der Waals surface area contributed by atoms with Crippen LogP contribution in [0.1, 0.15) is 30.9 Å². The van der Waals surface area contributed by atoms with E-state index in [0.29, 0.717) is 18.0 Å². The highest BCUT2D eigenvalue weighted by Gasteiger charge is 2.35. The van der Waals surface area contributed by atoms with Crippen LogP contribution in [0.25, 0.3) is 0 Å². The van der Waals surface area contributed by atoms with Gasteiger partial charge in [0.1, 0.15) is 0 Å². The molecule has 5 heteroatoms. The van der Waals surface area contributed by atoms with Crippen molar-refractivity contribution in [1.82, 2.24) is 4.90 Å². The number of amides is 1. The van der Waals surface area contributed by atoms with Crippen molar-refractivity contribution in [1.29, 1.82) is 0 Å². The van der Waals surface area contributed by atoms with E-state index in [1.807, 2.05) is 32.0 Å². The van der Waals surface area contributed by atoms with Crippen LogP contribution in [0.2, 0.25) is 5.02 Å². The van der Waals surface area contributed by atoms with Crippen molar-refractivity contribution in [3.63, 3.8) is 0 Å². The first-order valence-electron chi connectivity index (χ1n) is 7.18. The molecule has 1 aromatic rings. The molecule has 0 spiro atoms. The highest BCUT2D eigenvalue weighted by atomic mass is 35.5. The molecule has 114 valence electrons. The maximum atomic E-state index is 12.5. The Balaban J connectivity index is 2.12. The number of likely N-dealkylation sites (tertiary alicyclic amines) is 1. The summed E-state index contributed by atoms with van der Waals surface area (Å²) in [5, 5.41) is 9.84. The van der Waals surface area contributed by atoms with Gasteiger partial charge in [0.2, 0.25) is 5.91 Å². The van der Waals surface area contributed by atoms with Crippen LogP contribution in [0.4, 0.5) is 0 Å². The van der Waals surface area contributed by atoms with Crippen LogP contribution >= 0.6 is 11.6 Å². The summed E-state index contributed by atoms with van der Waals surface area (Å²) in [6.07, 6.45) is 1.58. The SMILES string of the molecule is Cc1cccc(CC(=O)N2CCC[C@@H](C(=O)O)[C@H]2C)c1Cl. The summed E-state index contributed by atoms with van der Waals surface area (Å²) in [6.45, 7) is 4.33. The fourth-order valence-electron chi connectivity index (χ4n) is 2.93. The van der Waals surface area contributed by atoms with E-state index in [-0.39, 0.29) is 18.4 Å². The Morgan fingerprint density at radius 3 is 2.81 bits per heavy atom.